The average Bonchev–Trinajstić information content (AvgIpc) is 3.67. The summed E-state index contributed by atoms with van der Waals surface area (Å²) in [5.41, 5.74) is 1.20. The van der Waals surface area contributed by atoms with Gasteiger partial charge in [-0.05, 0) is 79.0 Å². The zero-order chi connectivity index (χ0) is 45.2. The van der Waals surface area contributed by atoms with Crippen LogP contribution in [0, 0.1) is 0 Å². The van der Waals surface area contributed by atoms with Gasteiger partial charge in [-0.3, -0.25) is 0 Å². The fourth-order valence-corrected chi connectivity index (χ4v) is 6.05. The molecule has 216 valence electrons. The minimum atomic E-state index is -0.776. The van der Waals surface area contributed by atoms with Crippen molar-refractivity contribution >= 4 is 43.5 Å². The Hall–Kier alpha value is -5.92. The van der Waals surface area contributed by atoms with E-state index in [4.69, 9.17) is 16.8 Å². The van der Waals surface area contributed by atoms with Gasteiger partial charge in [0.25, 0.3) is 0 Å². The fraction of sp³-hybridized carbons (Fsp3) is 0.0222. The van der Waals surface area contributed by atoms with Crippen molar-refractivity contribution in [3.63, 3.8) is 0 Å². The Bertz CT molecular complexity index is 3370. The van der Waals surface area contributed by atoms with Crippen LogP contribution in [0.2, 0.25) is 0 Å². The molecule has 1 heterocycles. The molecule has 1 aromatic heterocycles. The molecule has 46 heavy (non-hydrogen) atoms. The molecule has 0 aliphatic rings. The Morgan fingerprint density at radius 3 is 1.83 bits per heavy atom. The lowest BCUT2D eigenvalue weighted by Crippen LogP contribution is -1.95. The first kappa shape index (κ1) is 14.5. The molecule has 0 amide bonds. The van der Waals surface area contributed by atoms with Gasteiger partial charge in [0, 0.05) is 16.3 Å². The SMILES string of the molecule is [2H]c1c([2H])c([2H])c(Cc2c3c([2H])c([2H])c([2H])c([2H])c3c(-c3c([2H])c([2H])c(-c4cccc5c4oc4cc(-c6ccccc6)ccc45)c([2H])c3[2H])c3c([2H])c([2H])c([2H])c([2H])c23)c([2H])c1[2H]. The summed E-state index contributed by atoms with van der Waals surface area (Å²) in [6.07, 6.45) is -0.657. The zero-order valence-electron chi connectivity index (χ0n) is 41.0. The molecule has 0 radical (unpaired) electrons. The Kier molecular flexibility index (Phi) is 3.43. The highest BCUT2D eigenvalue weighted by atomic mass is 16.3. The van der Waals surface area contributed by atoms with Crippen molar-refractivity contribution in [2.75, 3.05) is 0 Å². The molecule has 0 fully saturated rings. The Morgan fingerprint density at radius 2 is 1.11 bits per heavy atom. The van der Waals surface area contributed by atoms with Crippen molar-refractivity contribution in [3.05, 3.63) is 181 Å². The van der Waals surface area contributed by atoms with E-state index in [9.17, 15) is 11.0 Å². The maximum atomic E-state index is 9.53. The minimum Gasteiger partial charge on any atom is -0.455 e. The van der Waals surface area contributed by atoms with Crippen molar-refractivity contribution in [2.45, 2.75) is 6.42 Å². The molecule has 0 bridgehead atoms. The van der Waals surface area contributed by atoms with Gasteiger partial charge < -0.3 is 4.42 Å². The summed E-state index contributed by atoms with van der Waals surface area (Å²) < 4.78 is 158. The highest BCUT2D eigenvalue weighted by Crippen LogP contribution is 2.42. The van der Waals surface area contributed by atoms with E-state index >= 15 is 0 Å². The van der Waals surface area contributed by atoms with Gasteiger partial charge in [0.15, 0.2) is 0 Å². The standard InChI is InChI=1S/C45H30O/c1-3-12-30(13-4-1)28-42-36-16-7-9-18-39(36)44(40-19-10-8-17-37(40)42)33-24-22-32(23-25-33)35-20-11-21-41-38-27-26-34(29-43(38)46-45(35)41)31-14-5-2-6-15-31/h1-27,29H,28H2/i1D,3D,4D,7D,8D,9D,10D,12D,13D,16D,17D,18D,19D,22D,23D,24D,25D. The lowest BCUT2D eigenvalue weighted by atomic mass is 9.86. The molecule has 0 atom stereocenters. The topological polar surface area (TPSA) is 13.1 Å². The minimum absolute atomic E-state index is 0.156. The van der Waals surface area contributed by atoms with E-state index in [1.54, 1.807) is 12.1 Å². The molecule has 0 N–H and O–H groups in total. The van der Waals surface area contributed by atoms with E-state index in [1.165, 1.54) is 0 Å². The number of para-hydroxylation sites is 1. The van der Waals surface area contributed by atoms with Crippen LogP contribution in [0.15, 0.2) is 174 Å². The predicted molar refractivity (Wildman–Crippen MR) is 194 cm³/mol. The number of rotatable bonds is 5. The molecule has 1 nitrogen and oxygen atoms in total. The Labute approximate surface area is 291 Å². The Balaban J connectivity index is 1.40. The molecule has 0 aliphatic carbocycles. The largest absolute Gasteiger partial charge is 0.455 e. The molecule has 8 aromatic carbocycles. The van der Waals surface area contributed by atoms with Crippen LogP contribution in [0.5, 0.6) is 0 Å². The second-order valence-electron chi connectivity index (χ2n) is 10.7. The van der Waals surface area contributed by atoms with Crippen LogP contribution in [0.4, 0.5) is 0 Å². The van der Waals surface area contributed by atoms with E-state index < -0.39 is 131 Å². The number of fused-ring (bicyclic) bond motifs is 5. The lowest BCUT2D eigenvalue weighted by Gasteiger charge is -2.18. The van der Waals surface area contributed by atoms with Gasteiger partial charge in [-0.1, -0.05) is 157 Å². The van der Waals surface area contributed by atoms with E-state index in [2.05, 4.69) is 0 Å². The molecular formula is C45H30O. The van der Waals surface area contributed by atoms with Crippen LogP contribution in [-0.4, -0.2) is 0 Å². The fourth-order valence-electron chi connectivity index (χ4n) is 6.05. The third-order valence-electron chi connectivity index (χ3n) is 8.13. The second kappa shape index (κ2) is 10.9. The number of hydrogen-bond donors (Lipinski definition) is 0. The molecule has 0 spiro atoms. The average molecular weight is 604 g/mol. The van der Waals surface area contributed by atoms with Crippen LogP contribution < -0.4 is 0 Å². The van der Waals surface area contributed by atoms with Crippen molar-refractivity contribution < 1.29 is 27.7 Å². The summed E-state index contributed by atoms with van der Waals surface area (Å²) in [5.74, 6) is 0. The number of benzene rings is 8. The number of hydrogen-bond acceptors (Lipinski definition) is 1. The number of furan rings is 1. The van der Waals surface area contributed by atoms with Crippen LogP contribution in [0.1, 0.15) is 34.4 Å². The summed E-state index contributed by atoms with van der Waals surface area (Å²) >= 11 is 0. The summed E-state index contributed by atoms with van der Waals surface area (Å²) in [7, 11) is 0. The van der Waals surface area contributed by atoms with E-state index in [0.717, 1.165) is 16.5 Å². The van der Waals surface area contributed by atoms with E-state index in [1.807, 2.05) is 54.6 Å². The highest BCUT2D eigenvalue weighted by Gasteiger charge is 2.17. The lowest BCUT2D eigenvalue weighted by molar-refractivity contribution is 0.670. The molecule has 0 saturated heterocycles. The van der Waals surface area contributed by atoms with Gasteiger partial charge >= 0.3 is 0 Å². The van der Waals surface area contributed by atoms with Gasteiger partial charge in [0.05, 0.1) is 23.3 Å². The molecule has 1 heteroatoms. The smallest absolute Gasteiger partial charge is 0.143 e. The van der Waals surface area contributed by atoms with E-state index in [0.29, 0.717) is 11.0 Å². The van der Waals surface area contributed by atoms with Crippen LogP contribution in [0.25, 0.3) is 76.9 Å². The normalized spacial score (nSPS) is 16.7. The van der Waals surface area contributed by atoms with Crippen molar-refractivity contribution in [2.24, 2.45) is 0 Å². The van der Waals surface area contributed by atoms with Crippen LogP contribution in [-0.2, 0) is 6.42 Å². The third-order valence-corrected chi connectivity index (χ3v) is 8.13. The quantitative estimate of drug-likeness (QED) is 0.178. The molecule has 0 unspecified atom stereocenters. The summed E-state index contributed by atoms with van der Waals surface area (Å²) in [6.45, 7) is 0. The highest BCUT2D eigenvalue weighted by molar-refractivity contribution is 6.15. The first-order valence-corrected chi connectivity index (χ1v) is 14.5. The molecule has 9 rings (SSSR count). The molecule has 0 saturated carbocycles. The van der Waals surface area contributed by atoms with E-state index in [-0.39, 0.29) is 38.6 Å². The maximum Gasteiger partial charge on any atom is 0.143 e. The summed E-state index contributed by atoms with van der Waals surface area (Å²) in [6, 6.07) is 8.61. The van der Waals surface area contributed by atoms with Crippen molar-refractivity contribution in [3.8, 4) is 33.4 Å². The molecule has 9 aromatic rings. The predicted octanol–water partition coefficient (Wildman–Crippen LogP) is 12.5. The summed E-state index contributed by atoms with van der Waals surface area (Å²) in [5, 5.41) is -0.164. The second-order valence-corrected chi connectivity index (χ2v) is 10.7. The van der Waals surface area contributed by atoms with Crippen molar-refractivity contribution in [1.29, 1.82) is 0 Å². The van der Waals surface area contributed by atoms with Gasteiger partial charge in [0.1, 0.15) is 11.2 Å². The Morgan fingerprint density at radius 1 is 0.457 bits per heavy atom. The van der Waals surface area contributed by atoms with Gasteiger partial charge in [-0.2, -0.15) is 0 Å². The molecular weight excluding hydrogens is 556 g/mol. The van der Waals surface area contributed by atoms with Crippen LogP contribution in [0.3, 0.4) is 0 Å². The van der Waals surface area contributed by atoms with Gasteiger partial charge in [-0.25, -0.2) is 0 Å². The monoisotopic (exact) mass is 603 g/mol. The summed E-state index contributed by atoms with van der Waals surface area (Å²) in [4.78, 5) is 0. The van der Waals surface area contributed by atoms with Crippen LogP contribution >= 0.6 is 0 Å². The maximum absolute atomic E-state index is 9.53. The third kappa shape index (κ3) is 4.40. The zero-order valence-corrected chi connectivity index (χ0v) is 24.0. The van der Waals surface area contributed by atoms with Gasteiger partial charge in [-0.15, -0.1) is 0 Å². The first-order chi connectivity index (χ1) is 29.9. The van der Waals surface area contributed by atoms with Gasteiger partial charge in [0.2, 0.25) is 0 Å². The first-order valence-electron chi connectivity index (χ1n) is 23.0. The molecule has 0 aliphatic heterocycles. The van der Waals surface area contributed by atoms with Crippen molar-refractivity contribution in [1.82, 2.24) is 0 Å².